The Balaban J connectivity index is 1.64. The quantitative estimate of drug-likeness (QED) is 0.820. The fourth-order valence-corrected chi connectivity index (χ4v) is 3.51. The molecule has 0 saturated carbocycles. The molecule has 1 atom stereocenters. The maximum Gasteiger partial charge on any atom is 0.262 e. The largest absolute Gasteiger partial charge is 0.353 e. The van der Waals surface area contributed by atoms with Crippen LogP contribution in [0.1, 0.15) is 53.8 Å². The fraction of sp³-hybridized carbons (Fsp3) is 0.474. The second-order valence-corrected chi connectivity index (χ2v) is 6.72. The van der Waals surface area contributed by atoms with Crippen LogP contribution in [0.5, 0.6) is 0 Å². The summed E-state index contributed by atoms with van der Waals surface area (Å²) < 4.78 is 0. The molecule has 1 aromatic carbocycles. The zero-order chi connectivity index (χ0) is 18.8. The molecule has 2 aliphatic rings. The number of imide groups is 1. The average Bonchev–Trinajstić information content (AvgIpc) is 2.92. The zero-order valence-electron chi connectivity index (χ0n) is 15.0. The van der Waals surface area contributed by atoms with E-state index < -0.39 is 17.9 Å². The molecule has 0 radical (unpaired) electrons. The maximum atomic E-state index is 12.8. The Hall–Kier alpha value is -2.70. The van der Waals surface area contributed by atoms with Crippen molar-refractivity contribution in [1.82, 2.24) is 15.1 Å². The van der Waals surface area contributed by atoms with Crippen molar-refractivity contribution >= 4 is 23.6 Å². The van der Waals surface area contributed by atoms with Gasteiger partial charge in [0.1, 0.15) is 6.04 Å². The smallest absolute Gasteiger partial charge is 0.262 e. The van der Waals surface area contributed by atoms with Gasteiger partial charge in [0.25, 0.3) is 11.8 Å². The van der Waals surface area contributed by atoms with Gasteiger partial charge < -0.3 is 10.2 Å². The Bertz CT molecular complexity index is 718. The number of rotatable bonds is 4. The summed E-state index contributed by atoms with van der Waals surface area (Å²) in [6.07, 6.45) is 1.79. The number of nitrogens with one attached hydrogen (secondary N) is 1. The molecule has 26 heavy (non-hydrogen) atoms. The van der Waals surface area contributed by atoms with Gasteiger partial charge in [-0.05, 0) is 31.9 Å². The van der Waals surface area contributed by atoms with Crippen LogP contribution in [0.3, 0.4) is 0 Å². The fourth-order valence-electron chi connectivity index (χ4n) is 3.51. The summed E-state index contributed by atoms with van der Waals surface area (Å²) in [7, 11) is 0. The summed E-state index contributed by atoms with van der Waals surface area (Å²) in [6, 6.07) is 5.85. The topological polar surface area (TPSA) is 86.8 Å². The van der Waals surface area contributed by atoms with Gasteiger partial charge in [-0.3, -0.25) is 24.1 Å². The van der Waals surface area contributed by atoms with Gasteiger partial charge in [0.15, 0.2) is 0 Å². The van der Waals surface area contributed by atoms with Crippen LogP contribution in [0.15, 0.2) is 24.3 Å². The minimum Gasteiger partial charge on any atom is -0.353 e. The van der Waals surface area contributed by atoms with Crippen molar-refractivity contribution in [3.8, 4) is 0 Å². The number of likely N-dealkylation sites (tertiary alicyclic amines) is 1. The van der Waals surface area contributed by atoms with Crippen LogP contribution in [0.4, 0.5) is 0 Å². The van der Waals surface area contributed by atoms with Crippen LogP contribution in [-0.2, 0) is 9.59 Å². The Labute approximate surface area is 152 Å². The molecule has 7 heteroatoms. The van der Waals surface area contributed by atoms with Crippen LogP contribution in [0, 0.1) is 0 Å². The molecular formula is C19H23N3O4. The van der Waals surface area contributed by atoms with Gasteiger partial charge >= 0.3 is 0 Å². The van der Waals surface area contributed by atoms with Crippen molar-refractivity contribution in [2.75, 3.05) is 13.1 Å². The van der Waals surface area contributed by atoms with E-state index in [0.29, 0.717) is 43.5 Å². The summed E-state index contributed by atoms with van der Waals surface area (Å²) in [5.41, 5.74) is 0.691. The molecule has 0 aromatic heterocycles. The monoisotopic (exact) mass is 357 g/mol. The predicted octanol–water partition coefficient (Wildman–Crippen LogP) is 1.19. The molecule has 3 rings (SSSR count). The first-order valence-corrected chi connectivity index (χ1v) is 8.99. The highest BCUT2D eigenvalue weighted by molar-refractivity contribution is 6.22. The highest BCUT2D eigenvalue weighted by Crippen LogP contribution is 2.25. The van der Waals surface area contributed by atoms with Crippen LogP contribution in [-0.4, -0.2) is 58.6 Å². The molecule has 2 aliphatic heterocycles. The zero-order valence-corrected chi connectivity index (χ0v) is 15.0. The molecule has 0 spiro atoms. The highest BCUT2D eigenvalue weighted by Gasteiger charge is 2.42. The van der Waals surface area contributed by atoms with Gasteiger partial charge in [0, 0.05) is 25.6 Å². The standard InChI is InChI=1S/C19H23N3O4/c1-3-16(23)20-13-8-10-21(11-9-13)17(24)12(2)22-18(25)14-6-4-5-7-15(14)19(22)26/h4-7,12-13H,3,8-11H2,1-2H3,(H,20,23). The van der Waals surface area contributed by atoms with E-state index in [-0.39, 0.29) is 17.9 Å². The second-order valence-electron chi connectivity index (χ2n) is 6.72. The summed E-state index contributed by atoms with van der Waals surface area (Å²) in [5.74, 6) is -1.07. The Morgan fingerprint density at radius 2 is 1.65 bits per heavy atom. The first kappa shape index (κ1) is 18.1. The molecule has 0 bridgehead atoms. The van der Waals surface area contributed by atoms with E-state index in [1.54, 1.807) is 43.0 Å². The van der Waals surface area contributed by atoms with Gasteiger partial charge in [-0.2, -0.15) is 0 Å². The molecule has 1 saturated heterocycles. The lowest BCUT2D eigenvalue weighted by Gasteiger charge is -2.35. The lowest BCUT2D eigenvalue weighted by molar-refractivity contribution is -0.136. The maximum absolute atomic E-state index is 12.8. The van der Waals surface area contributed by atoms with Gasteiger partial charge in [0.2, 0.25) is 11.8 Å². The van der Waals surface area contributed by atoms with Crippen LogP contribution in [0.2, 0.25) is 0 Å². The lowest BCUT2D eigenvalue weighted by Crippen LogP contribution is -2.53. The summed E-state index contributed by atoms with van der Waals surface area (Å²) >= 11 is 0. The molecule has 1 fully saturated rings. The molecule has 2 heterocycles. The molecular weight excluding hydrogens is 334 g/mol. The van der Waals surface area contributed by atoms with Crippen LogP contribution >= 0.6 is 0 Å². The van der Waals surface area contributed by atoms with E-state index in [1.807, 2.05) is 0 Å². The highest BCUT2D eigenvalue weighted by atomic mass is 16.2. The van der Waals surface area contributed by atoms with E-state index in [9.17, 15) is 19.2 Å². The average molecular weight is 357 g/mol. The number of carbonyl (C=O) groups excluding carboxylic acids is 4. The predicted molar refractivity (Wildman–Crippen MR) is 94.4 cm³/mol. The van der Waals surface area contributed by atoms with E-state index in [2.05, 4.69) is 5.32 Å². The number of fused-ring (bicyclic) bond motifs is 1. The van der Waals surface area contributed by atoms with Crippen LogP contribution < -0.4 is 5.32 Å². The Morgan fingerprint density at radius 3 is 2.15 bits per heavy atom. The third kappa shape index (κ3) is 3.21. The van der Waals surface area contributed by atoms with Crippen molar-refractivity contribution in [2.45, 2.75) is 45.2 Å². The van der Waals surface area contributed by atoms with Gasteiger partial charge in [-0.25, -0.2) is 0 Å². The first-order valence-electron chi connectivity index (χ1n) is 8.99. The number of amides is 4. The molecule has 1 aromatic rings. The third-order valence-electron chi connectivity index (χ3n) is 5.06. The number of hydrogen-bond donors (Lipinski definition) is 1. The molecule has 1 unspecified atom stereocenters. The Kier molecular flexibility index (Phi) is 5.06. The van der Waals surface area contributed by atoms with E-state index in [0.717, 1.165) is 4.90 Å². The minimum absolute atomic E-state index is 0.00849. The normalized spacial score (nSPS) is 18.7. The summed E-state index contributed by atoms with van der Waals surface area (Å²) in [6.45, 7) is 4.40. The number of nitrogens with zero attached hydrogens (tertiary/aromatic N) is 2. The second kappa shape index (κ2) is 7.27. The van der Waals surface area contributed by atoms with Crippen molar-refractivity contribution in [3.63, 3.8) is 0 Å². The Morgan fingerprint density at radius 1 is 1.12 bits per heavy atom. The molecule has 138 valence electrons. The number of hydrogen-bond acceptors (Lipinski definition) is 4. The van der Waals surface area contributed by atoms with Crippen molar-refractivity contribution in [1.29, 1.82) is 0 Å². The molecule has 1 N–H and O–H groups in total. The van der Waals surface area contributed by atoms with E-state index in [4.69, 9.17) is 0 Å². The van der Waals surface area contributed by atoms with Gasteiger partial charge in [-0.1, -0.05) is 19.1 Å². The number of piperidine rings is 1. The van der Waals surface area contributed by atoms with Crippen molar-refractivity contribution in [2.24, 2.45) is 0 Å². The van der Waals surface area contributed by atoms with Crippen LogP contribution in [0.25, 0.3) is 0 Å². The van der Waals surface area contributed by atoms with E-state index in [1.165, 1.54) is 0 Å². The van der Waals surface area contributed by atoms with Gasteiger partial charge in [0.05, 0.1) is 11.1 Å². The lowest BCUT2D eigenvalue weighted by atomic mass is 10.0. The molecule has 0 aliphatic carbocycles. The first-order chi connectivity index (χ1) is 12.4. The molecule has 4 amide bonds. The number of carbonyl (C=O) groups is 4. The number of benzene rings is 1. The van der Waals surface area contributed by atoms with E-state index >= 15 is 0 Å². The third-order valence-corrected chi connectivity index (χ3v) is 5.06. The van der Waals surface area contributed by atoms with Crippen molar-refractivity contribution < 1.29 is 19.2 Å². The minimum atomic E-state index is -0.843. The van der Waals surface area contributed by atoms with Gasteiger partial charge in [-0.15, -0.1) is 0 Å². The summed E-state index contributed by atoms with van der Waals surface area (Å²) in [4.78, 5) is 52.1. The van der Waals surface area contributed by atoms with Crippen molar-refractivity contribution in [3.05, 3.63) is 35.4 Å². The molecule has 7 nitrogen and oxygen atoms in total. The summed E-state index contributed by atoms with van der Waals surface area (Å²) in [5, 5.41) is 2.94. The SMILES string of the molecule is CCC(=O)NC1CCN(C(=O)C(C)N2C(=O)c3ccccc3C2=O)CC1.